The molecule has 22 heavy (non-hydrogen) atoms. The van der Waals surface area contributed by atoms with Crippen molar-refractivity contribution in [3.63, 3.8) is 0 Å². The summed E-state index contributed by atoms with van der Waals surface area (Å²) in [6.45, 7) is 0.291. The van der Waals surface area contributed by atoms with Crippen LogP contribution in [-0.2, 0) is 16.4 Å². The van der Waals surface area contributed by atoms with Gasteiger partial charge < -0.3 is 0 Å². The lowest BCUT2D eigenvalue weighted by molar-refractivity contribution is 0.587. The van der Waals surface area contributed by atoms with E-state index in [1.165, 1.54) is 23.5 Å². The average Bonchev–Trinajstić information content (AvgIpc) is 2.99. The topological polar surface area (TPSA) is 76.4 Å². The molecule has 0 amide bonds. The van der Waals surface area contributed by atoms with E-state index >= 15 is 0 Å². The summed E-state index contributed by atoms with van der Waals surface area (Å²) < 4.78 is 39.5. The summed E-state index contributed by atoms with van der Waals surface area (Å²) in [6, 6.07) is 6.10. The quantitative estimate of drug-likeness (QED) is 0.767. The van der Waals surface area contributed by atoms with Crippen molar-refractivity contribution in [1.82, 2.24) is 19.3 Å². The Hall–Kier alpha value is -1.84. The fraction of sp³-hybridized carbons (Fsp3) is 0.231. The van der Waals surface area contributed by atoms with Crippen LogP contribution in [0.1, 0.15) is 5.69 Å². The Kier molecular flexibility index (Phi) is 3.94. The molecule has 0 spiro atoms. The fourth-order valence-corrected chi connectivity index (χ4v) is 3.34. The highest BCUT2D eigenvalue weighted by Gasteiger charge is 2.12. The van der Waals surface area contributed by atoms with Gasteiger partial charge in [-0.25, -0.2) is 22.0 Å². The largest absolute Gasteiger partial charge is 0.215 e. The third-order valence-corrected chi connectivity index (χ3v) is 4.57. The number of thiazole rings is 1. The molecule has 1 aromatic carbocycles. The zero-order valence-corrected chi connectivity index (χ0v) is 13.3. The van der Waals surface area contributed by atoms with Crippen molar-refractivity contribution < 1.29 is 12.8 Å². The maximum absolute atomic E-state index is 13.3. The maximum Gasteiger partial charge on any atom is 0.212 e. The molecule has 0 unspecified atom stereocenters. The van der Waals surface area contributed by atoms with Crippen LogP contribution in [0.5, 0.6) is 0 Å². The van der Waals surface area contributed by atoms with Crippen molar-refractivity contribution in [3.05, 3.63) is 41.2 Å². The molecule has 0 fully saturated rings. The van der Waals surface area contributed by atoms with Crippen molar-refractivity contribution in [3.8, 4) is 11.4 Å². The lowest BCUT2D eigenvalue weighted by Gasteiger charge is -2.00. The molecule has 116 valence electrons. The molecular formula is C13H13FN4O2S2. The van der Waals surface area contributed by atoms with Crippen LogP contribution in [-0.4, -0.2) is 35.8 Å². The van der Waals surface area contributed by atoms with Gasteiger partial charge in [0.15, 0.2) is 5.82 Å². The second-order valence-corrected chi connectivity index (χ2v) is 7.45. The SMILES string of the molecule is CS(=O)(=O)NCCc1csc2nc(-c3cccc(F)c3)nn12. The van der Waals surface area contributed by atoms with E-state index in [9.17, 15) is 12.8 Å². The molecule has 0 aliphatic carbocycles. The minimum atomic E-state index is -3.21. The van der Waals surface area contributed by atoms with Crippen LogP contribution < -0.4 is 4.72 Å². The Morgan fingerprint density at radius 3 is 2.95 bits per heavy atom. The number of nitrogens with one attached hydrogen (secondary N) is 1. The summed E-state index contributed by atoms with van der Waals surface area (Å²) in [5.41, 5.74) is 1.46. The van der Waals surface area contributed by atoms with Crippen molar-refractivity contribution in [2.24, 2.45) is 0 Å². The first-order chi connectivity index (χ1) is 10.4. The van der Waals surface area contributed by atoms with Gasteiger partial charge in [-0.2, -0.15) is 4.98 Å². The third kappa shape index (κ3) is 3.32. The van der Waals surface area contributed by atoms with E-state index in [1.807, 2.05) is 5.38 Å². The van der Waals surface area contributed by atoms with Crippen LogP contribution in [0.15, 0.2) is 29.6 Å². The molecule has 0 atom stereocenters. The summed E-state index contributed by atoms with van der Waals surface area (Å²) in [5, 5.41) is 6.25. The standard InChI is InChI=1S/C13H13FN4O2S2/c1-22(19,20)15-6-5-11-8-21-13-16-12(17-18(11)13)9-3-2-4-10(14)7-9/h2-4,7-8,15H,5-6H2,1H3. The zero-order valence-electron chi connectivity index (χ0n) is 11.7. The number of benzene rings is 1. The molecule has 6 nitrogen and oxygen atoms in total. The van der Waals surface area contributed by atoms with Gasteiger partial charge in [0.1, 0.15) is 5.82 Å². The molecule has 0 radical (unpaired) electrons. The van der Waals surface area contributed by atoms with Gasteiger partial charge in [0.25, 0.3) is 0 Å². The van der Waals surface area contributed by atoms with Crippen LogP contribution >= 0.6 is 11.3 Å². The molecule has 0 saturated carbocycles. The highest BCUT2D eigenvalue weighted by atomic mass is 32.2. The Morgan fingerprint density at radius 1 is 1.41 bits per heavy atom. The van der Waals surface area contributed by atoms with Gasteiger partial charge in [-0.3, -0.25) is 0 Å². The first-order valence-corrected chi connectivity index (χ1v) is 9.23. The average molecular weight is 340 g/mol. The Balaban J connectivity index is 1.85. The summed E-state index contributed by atoms with van der Waals surface area (Å²) in [5.74, 6) is 0.108. The monoisotopic (exact) mass is 340 g/mol. The van der Waals surface area contributed by atoms with Crippen LogP contribution in [0.3, 0.4) is 0 Å². The van der Waals surface area contributed by atoms with Gasteiger partial charge in [0, 0.05) is 23.9 Å². The fourth-order valence-electron chi connectivity index (χ4n) is 2.01. The van der Waals surface area contributed by atoms with Gasteiger partial charge in [-0.05, 0) is 12.1 Å². The Morgan fingerprint density at radius 2 is 2.23 bits per heavy atom. The predicted octanol–water partition coefficient (Wildman–Crippen LogP) is 1.69. The van der Waals surface area contributed by atoms with Crippen LogP contribution in [0.25, 0.3) is 16.3 Å². The molecule has 2 heterocycles. The lowest BCUT2D eigenvalue weighted by atomic mass is 10.2. The van der Waals surface area contributed by atoms with Crippen LogP contribution in [0.2, 0.25) is 0 Å². The van der Waals surface area contributed by atoms with Crippen molar-refractivity contribution in [2.45, 2.75) is 6.42 Å². The second-order valence-electron chi connectivity index (χ2n) is 4.78. The summed E-state index contributed by atoms with van der Waals surface area (Å²) in [4.78, 5) is 5.06. The maximum atomic E-state index is 13.3. The first-order valence-electron chi connectivity index (χ1n) is 6.46. The smallest absolute Gasteiger partial charge is 0.212 e. The summed E-state index contributed by atoms with van der Waals surface area (Å²) >= 11 is 1.41. The van der Waals surface area contributed by atoms with Gasteiger partial charge in [0.05, 0.1) is 11.9 Å². The highest BCUT2D eigenvalue weighted by molar-refractivity contribution is 7.88. The normalized spacial score (nSPS) is 12.1. The summed E-state index contributed by atoms with van der Waals surface area (Å²) in [7, 11) is -3.21. The summed E-state index contributed by atoms with van der Waals surface area (Å²) in [6.07, 6.45) is 1.62. The lowest BCUT2D eigenvalue weighted by Crippen LogP contribution is -2.24. The molecular weight excluding hydrogens is 327 g/mol. The van der Waals surface area contributed by atoms with E-state index in [0.29, 0.717) is 29.3 Å². The number of hydrogen-bond donors (Lipinski definition) is 1. The van der Waals surface area contributed by atoms with E-state index in [0.717, 1.165) is 11.9 Å². The minimum Gasteiger partial charge on any atom is -0.215 e. The Bertz CT molecular complexity index is 917. The molecule has 3 rings (SSSR count). The minimum absolute atomic E-state index is 0.291. The molecule has 0 aliphatic heterocycles. The highest BCUT2D eigenvalue weighted by Crippen LogP contribution is 2.21. The van der Waals surface area contributed by atoms with E-state index in [1.54, 1.807) is 16.6 Å². The van der Waals surface area contributed by atoms with Crippen molar-refractivity contribution in [1.29, 1.82) is 0 Å². The number of nitrogens with zero attached hydrogens (tertiary/aromatic N) is 3. The predicted molar refractivity (Wildman–Crippen MR) is 82.8 cm³/mol. The Labute approximate surface area is 130 Å². The number of sulfonamides is 1. The molecule has 0 saturated heterocycles. The van der Waals surface area contributed by atoms with E-state index in [4.69, 9.17) is 0 Å². The molecule has 9 heteroatoms. The number of halogens is 1. The van der Waals surface area contributed by atoms with E-state index in [-0.39, 0.29) is 5.82 Å². The molecule has 1 N–H and O–H groups in total. The number of hydrogen-bond acceptors (Lipinski definition) is 5. The molecule has 0 bridgehead atoms. The second kappa shape index (κ2) is 5.75. The van der Waals surface area contributed by atoms with Gasteiger partial charge in [-0.15, -0.1) is 16.4 Å². The molecule has 0 aliphatic rings. The van der Waals surface area contributed by atoms with E-state index < -0.39 is 10.0 Å². The first kappa shape index (κ1) is 15.1. The van der Waals surface area contributed by atoms with Crippen LogP contribution in [0, 0.1) is 5.82 Å². The van der Waals surface area contributed by atoms with Gasteiger partial charge in [0.2, 0.25) is 15.0 Å². The zero-order chi connectivity index (χ0) is 15.7. The van der Waals surface area contributed by atoms with Crippen molar-refractivity contribution >= 4 is 26.3 Å². The molecule has 3 aromatic rings. The van der Waals surface area contributed by atoms with E-state index in [2.05, 4.69) is 14.8 Å². The van der Waals surface area contributed by atoms with Gasteiger partial charge in [-0.1, -0.05) is 12.1 Å². The number of rotatable bonds is 5. The third-order valence-electron chi connectivity index (χ3n) is 2.98. The molecule has 2 aromatic heterocycles. The van der Waals surface area contributed by atoms with Crippen molar-refractivity contribution in [2.75, 3.05) is 12.8 Å². The number of fused-ring (bicyclic) bond motifs is 1. The van der Waals surface area contributed by atoms with Crippen LogP contribution in [0.4, 0.5) is 4.39 Å². The number of aromatic nitrogens is 3. The van der Waals surface area contributed by atoms with Gasteiger partial charge >= 0.3 is 0 Å².